The van der Waals surface area contributed by atoms with E-state index in [1.54, 1.807) is 0 Å². The van der Waals surface area contributed by atoms with Crippen LogP contribution in [0.15, 0.2) is 199 Å². The average Bonchev–Trinajstić information content (AvgIpc) is 3.64. The Balaban J connectivity index is 1.03. The van der Waals surface area contributed by atoms with Gasteiger partial charge in [-0.05, 0) is 91.0 Å². The molecule has 55 heavy (non-hydrogen) atoms. The fraction of sp³-hybridized carbons (Fsp3) is 0. The Hall–Kier alpha value is -7.36. The minimum Gasteiger partial charge on any atom is -0.456 e. The van der Waals surface area contributed by atoms with Gasteiger partial charge < -0.3 is 4.42 Å². The standard InChI is InChI=1S/C52H32N2O/c1-2-12-34(13-3-1)47-32-48(40-16-10-15-37(29-40)38-26-28-50-46(30-38)43-19-8-9-20-49(43)55-50)54-52(53-47)36-23-21-35(22-24-36)51-42-18-7-5-14-39(42)31-45-41-17-6-4-11-33(41)25-27-44(45)51/h1-32H. The van der Waals surface area contributed by atoms with Crippen LogP contribution in [-0.2, 0) is 0 Å². The molecule has 0 radical (unpaired) electrons. The van der Waals surface area contributed by atoms with Crippen molar-refractivity contribution in [3.63, 3.8) is 0 Å². The number of fused-ring (bicyclic) bond motifs is 7. The van der Waals surface area contributed by atoms with E-state index in [2.05, 4.69) is 176 Å². The molecule has 9 aromatic carbocycles. The van der Waals surface area contributed by atoms with E-state index in [4.69, 9.17) is 14.4 Å². The van der Waals surface area contributed by atoms with Crippen molar-refractivity contribution in [2.75, 3.05) is 0 Å². The first-order valence-corrected chi connectivity index (χ1v) is 18.6. The highest BCUT2D eigenvalue weighted by atomic mass is 16.3. The Morgan fingerprint density at radius 2 is 0.909 bits per heavy atom. The van der Waals surface area contributed by atoms with Gasteiger partial charge in [-0.2, -0.15) is 0 Å². The van der Waals surface area contributed by atoms with Crippen molar-refractivity contribution in [2.24, 2.45) is 0 Å². The van der Waals surface area contributed by atoms with Crippen molar-refractivity contribution in [3.05, 3.63) is 194 Å². The van der Waals surface area contributed by atoms with Crippen LogP contribution in [0.4, 0.5) is 0 Å². The zero-order valence-electron chi connectivity index (χ0n) is 29.8. The van der Waals surface area contributed by atoms with Crippen LogP contribution in [-0.4, -0.2) is 9.97 Å². The van der Waals surface area contributed by atoms with Crippen molar-refractivity contribution >= 4 is 54.3 Å². The molecule has 0 amide bonds. The number of hydrogen-bond acceptors (Lipinski definition) is 3. The summed E-state index contributed by atoms with van der Waals surface area (Å²) < 4.78 is 6.12. The van der Waals surface area contributed by atoms with Gasteiger partial charge in [0.25, 0.3) is 0 Å². The summed E-state index contributed by atoms with van der Waals surface area (Å²) >= 11 is 0. The molecule has 3 heteroatoms. The van der Waals surface area contributed by atoms with Gasteiger partial charge in [0.1, 0.15) is 11.2 Å². The second-order valence-electron chi connectivity index (χ2n) is 14.1. The molecule has 0 saturated heterocycles. The molecule has 2 heterocycles. The number of hydrogen-bond donors (Lipinski definition) is 0. The molecule has 0 atom stereocenters. The molecule has 256 valence electrons. The SMILES string of the molecule is c1ccc(-c2cc(-c3cccc(-c4ccc5oc6ccccc6c5c4)c3)nc(-c3ccc(-c4c5ccccc5cc5c4ccc4ccccc45)cc3)n2)cc1. The molecule has 0 N–H and O–H groups in total. The zero-order valence-corrected chi connectivity index (χ0v) is 29.8. The Labute approximate surface area is 317 Å². The highest BCUT2D eigenvalue weighted by Gasteiger charge is 2.15. The molecular formula is C52H32N2O. The van der Waals surface area contributed by atoms with Gasteiger partial charge in [-0.15, -0.1) is 0 Å². The second-order valence-corrected chi connectivity index (χ2v) is 14.1. The van der Waals surface area contributed by atoms with Crippen molar-refractivity contribution in [1.29, 1.82) is 0 Å². The molecule has 2 aromatic heterocycles. The quantitative estimate of drug-likeness (QED) is 0.133. The molecule has 0 unspecified atom stereocenters. The van der Waals surface area contributed by atoms with Gasteiger partial charge in [-0.25, -0.2) is 9.97 Å². The summed E-state index contributed by atoms with van der Waals surface area (Å²) in [6, 6.07) is 68.7. The monoisotopic (exact) mass is 700 g/mol. The van der Waals surface area contributed by atoms with Gasteiger partial charge in [-0.1, -0.05) is 158 Å². The van der Waals surface area contributed by atoms with Gasteiger partial charge in [0.05, 0.1) is 11.4 Å². The molecule has 0 spiro atoms. The first kappa shape index (κ1) is 31.2. The first-order valence-electron chi connectivity index (χ1n) is 18.6. The lowest BCUT2D eigenvalue weighted by Crippen LogP contribution is -1.96. The Morgan fingerprint density at radius 3 is 1.76 bits per heavy atom. The van der Waals surface area contributed by atoms with Crippen molar-refractivity contribution in [3.8, 4) is 56.2 Å². The number of aromatic nitrogens is 2. The average molecular weight is 701 g/mol. The van der Waals surface area contributed by atoms with Crippen LogP contribution < -0.4 is 0 Å². The van der Waals surface area contributed by atoms with E-state index >= 15 is 0 Å². The lowest BCUT2D eigenvalue weighted by Gasteiger charge is -2.15. The highest BCUT2D eigenvalue weighted by Crippen LogP contribution is 2.40. The summed E-state index contributed by atoms with van der Waals surface area (Å²) in [5.41, 5.74) is 11.2. The summed E-state index contributed by atoms with van der Waals surface area (Å²) in [5, 5.41) is 9.73. The number of rotatable bonds is 5. The van der Waals surface area contributed by atoms with Crippen molar-refractivity contribution < 1.29 is 4.42 Å². The fourth-order valence-electron chi connectivity index (χ4n) is 8.16. The van der Waals surface area contributed by atoms with Crippen LogP contribution in [0.1, 0.15) is 0 Å². The predicted molar refractivity (Wildman–Crippen MR) is 229 cm³/mol. The smallest absolute Gasteiger partial charge is 0.160 e. The fourth-order valence-corrected chi connectivity index (χ4v) is 8.16. The normalized spacial score (nSPS) is 11.6. The van der Waals surface area contributed by atoms with E-state index < -0.39 is 0 Å². The van der Waals surface area contributed by atoms with Gasteiger partial charge in [-0.3, -0.25) is 0 Å². The topological polar surface area (TPSA) is 38.9 Å². The molecule has 0 bridgehead atoms. The number of para-hydroxylation sites is 1. The molecule has 0 aliphatic carbocycles. The van der Waals surface area contributed by atoms with Crippen LogP contribution in [0.25, 0.3) is 110 Å². The summed E-state index contributed by atoms with van der Waals surface area (Å²) in [6.07, 6.45) is 0. The molecule has 11 rings (SSSR count). The zero-order chi connectivity index (χ0) is 36.3. The number of benzene rings is 9. The molecule has 11 aromatic rings. The van der Waals surface area contributed by atoms with E-state index in [0.29, 0.717) is 5.82 Å². The van der Waals surface area contributed by atoms with Crippen LogP contribution in [0.3, 0.4) is 0 Å². The molecule has 0 fully saturated rings. The van der Waals surface area contributed by atoms with E-state index in [-0.39, 0.29) is 0 Å². The summed E-state index contributed by atoms with van der Waals surface area (Å²) in [6.45, 7) is 0. The minimum atomic E-state index is 0.688. The second kappa shape index (κ2) is 12.6. The summed E-state index contributed by atoms with van der Waals surface area (Å²) in [5.74, 6) is 0.688. The van der Waals surface area contributed by atoms with Crippen LogP contribution in [0, 0.1) is 0 Å². The Kier molecular flexibility index (Phi) is 7.17. The third-order valence-corrected chi connectivity index (χ3v) is 10.9. The van der Waals surface area contributed by atoms with Crippen LogP contribution >= 0.6 is 0 Å². The molecule has 0 saturated carbocycles. The third-order valence-electron chi connectivity index (χ3n) is 10.9. The highest BCUT2D eigenvalue weighted by molar-refractivity contribution is 6.20. The summed E-state index contributed by atoms with van der Waals surface area (Å²) in [4.78, 5) is 10.4. The predicted octanol–water partition coefficient (Wildman–Crippen LogP) is 14.2. The van der Waals surface area contributed by atoms with Gasteiger partial charge in [0.15, 0.2) is 5.82 Å². The third kappa shape index (κ3) is 5.36. The molecule has 3 nitrogen and oxygen atoms in total. The number of nitrogens with zero attached hydrogens (tertiary/aromatic N) is 2. The Morgan fingerprint density at radius 1 is 0.291 bits per heavy atom. The number of furan rings is 1. The Bertz CT molecular complexity index is 3250. The van der Waals surface area contributed by atoms with E-state index in [0.717, 1.165) is 66.7 Å². The molecule has 0 aliphatic heterocycles. The van der Waals surface area contributed by atoms with E-state index in [1.807, 2.05) is 18.2 Å². The van der Waals surface area contributed by atoms with Crippen LogP contribution in [0.5, 0.6) is 0 Å². The lowest BCUT2D eigenvalue weighted by molar-refractivity contribution is 0.669. The maximum absolute atomic E-state index is 6.12. The van der Waals surface area contributed by atoms with E-state index in [9.17, 15) is 0 Å². The minimum absolute atomic E-state index is 0.688. The maximum Gasteiger partial charge on any atom is 0.160 e. The van der Waals surface area contributed by atoms with E-state index in [1.165, 1.54) is 37.9 Å². The first-order chi connectivity index (χ1) is 27.2. The summed E-state index contributed by atoms with van der Waals surface area (Å²) in [7, 11) is 0. The van der Waals surface area contributed by atoms with Gasteiger partial charge in [0.2, 0.25) is 0 Å². The molecular weight excluding hydrogens is 669 g/mol. The lowest BCUT2D eigenvalue weighted by atomic mass is 9.89. The van der Waals surface area contributed by atoms with Gasteiger partial charge in [0, 0.05) is 27.5 Å². The van der Waals surface area contributed by atoms with Gasteiger partial charge >= 0.3 is 0 Å². The van der Waals surface area contributed by atoms with Crippen molar-refractivity contribution in [2.45, 2.75) is 0 Å². The maximum atomic E-state index is 6.12. The largest absolute Gasteiger partial charge is 0.456 e. The molecule has 0 aliphatic rings. The van der Waals surface area contributed by atoms with Crippen molar-refractivity contribution in [1.82, 2.24) is 9.97 Å². The van der Waals surface area contributed by atoms with Crippen LogP contribution in [0.2, 0.25) is 0 Å².